The van der Waals surface area contributed by atoms with Gasteiger partial charge < -0.3 is 4.42 Å². The van der Waals surface area contributed by atoms with Gasteiger partial charge >= 0.3 is 5.91 Å². The lowest BCUT2D eigenvalue weighted by Crippen LogP contribution is -2.16. The molecule has 1 aromatic heterocycles. The third kappa shape index (κ3) is 3.28. The molecule has 3 aromatic rings. The van der Waals surface area contributed by atoms with E-state index < -0.39 is 5.91 Å². The molecule has 1 amide bonds. The van der Waals surface area contributed by atoms with Gasteiger partial charge in [0.1, 0.15) is 5.58 Å². The van der Waals surface area contributed by atoms with Crippen molar-refractivity contribution in [2.24, 2.45) is 5.10 Å². The van der Waals surface area contributed by atoms with Crippen molar-refractivity contribution < 1.29 is 9.21 Å². The summed E-state index contributed by atoms with van der Waals surface area (Å²) in [5.41, 5.74) is 3.98. The highest BCUT2D eigenvalue weighted by Crippen LogP contribution is 2.30. The number of carbonyl (C=O) groups excluding carboxylic acids is 1. The number of fused-ring (bicyclic) bond motifs is 1. The van der Waals surface area contributed by atoms with Gasteiger partial charge in [0.25, 0.3) is 0 Å². The monoisotopic (exact) mass is 420 g/mol. The van der Waals surface area contributed by atoms with Crippen LogP contribution in [0.15, 0.2) is 67.0 Å². The first-order chi connectivity index (χ1) is 10.6. The third-order valence-corrected chi connectivity index (χ3v) is 3.99. The van der Waals surface area contributed by atoms with Crippen molar-refractivity contribution in [3.8, 4) is 0 Å². The maximum absolute atomic E-state index is 12.1. The quantitative estimate of drug-likeness (QED) is 0.491. The van der Waals surface area contributed by atoms with Crippen molar-refractivity contribution in [1.29, 1.82) is 0 Å². The molecule has 0 aliphatic rings. The molecular formula is C16H10Br2N2O2. The van der Waals surface area contributed by atoms with Crippen LogP contribution in [0, 0.1) is 0 Å². The van der Waals surface area contributed by atoms with Gasteiger partial charge in [0, 0.05) is 9.86 Å². The number of nitrogens with one attached hydrogen (secondary N) is 1. The number of rotatable bonds is 3. The second-order valence-corrected chi connectivity index (χ2v) is 6.30. The van der Waals surface area contributed by atoms with Crippen LogP contribution in [0.3, 0.4) is 0 Å². The summed E-state index contributed by atoms with van der Waals surface area (Å²) in [7, 11) is 0. The number of furan rings is 1. The molecule has 0 aliphatic carbocycles. The van der Waals surface area contributed by atoms with Gasteiger partial charge in [-0.15, -0.1) is 0 Å². The Morgan fingerprint density at radius 2 is 1.91 bits per heavy atom. The molecule has 0 bridgehead atoms. The van der Waals surface area contributed by atoms with E-state index >= 15 is 0 Å². The van der Waals surface area contributed by atoms with Gasteiger partial charge in [0.05, 0.1) is 10.7 Å². The van der Waals surface area contributed by atoms with Crippen LogP contribution in [0.1, 0.15) is 16.1 Å². The first kappa shape index (κ1) is 15.0. The number of hydrazone groups is 1. The summed E-state index contributed by atoms with van der Waals surface area (Å²) >= 11 is 6.81. The van der Waals surface area contributed by atoms with E-state index in [2.05, 4.69) is 42.4 Å². The number of halogens is 2. The van der Waals surface area contributed by atoms with E-state index in [1.807, 2.05) is 42.5 Å². The van der Waals surface area contributed by atoms with E-state index in [1.54, 1.807) is 12.3 Å². The molecule has 1 heterocycles. The molecule has 3 rings (SSSR count). The minimum Gasteiger partial charge on any atom is -0.450 e. The average Bonchev–Trinajstić information content (AvgIpc) is 2.92. The summed E-state index contributed by atoms with van der Waals surface area (Å²) in [5.74, 6) is -0.189. The van der Waals surface area contributed by atoms with Crippen LogP contribution in [-0.2, 0) is 0 Å². The predicted molar refractivity (Wildman–Crippen MR) is 93.1 cm³/mol. The lowest BCUT2D eigenvalue weighted by molar-refractivity contribution is 0.0929. The predicted octanol–water partition coefficient (Wildman–Crippen LogP) is 4.72. The van der Waals surface area contributed by atoms with Crippen molar-refractivity contribution >= 4 is 55.0 Å². The lowest BCUT2D eigenvalue weighted by Gasteiger charge is -1.95. The van der Waals surface area contributed by atoms with Crippen LogP contribution in [-0.4, -0.2) is 12.1 Å². The Hall–Kier alpha value is -1.92. The second kappa shape index (κ2) is 6.46. The molecule has 1 N–H and O–H groups in total. The van der Waals surface area contributed by atoms with Gasteiger partial charge in [-0.1, -0.05) is 46.3 Å². The van der Waals surface area contributed by atoms with E-state index in [9.17, 15) is 4.79 Å². The summed E-state index contributed by atoms with van der Waals surface area (Å²) in [6.45, 7) is 0. The fraction of sp³-hybridized carbons (Fsp3) is 0. The Morgan fingerprint density at radius 3 is 2.68 bits per heavy atom. The standard InChI is InChI=1S/C16H10Br2N2O2/c17-12-6-11-7-14(22-15(11)13(18)8-12)16(21)20-19-9-10-4-2-1-3-5-10/h1-9H,(H,20,21)/b19-9-. The van der Waals surface area contributed by atoms with Crippen LogP contribution >= 0.6 is 31.9 Å². The molecule has 0 atom stereocenters. The first-order valence-electron chi connectivity index (χ1n) is 6.40. The lowest BCUT2D eigenvalue weighted by atomic mass is 10.2. The molecule has 0 fully saturated rings. The molecule has 0 radical (unpaired) electrons. The molecule has 2 aromatic carbocycles. The van der Waals surface area contributed by atoms with E-state index in [0.717, 1.165) is 19.9 Å². The molecule has 4 nitrogen and oxygen atoms in total. The number of nitrogens with zero attached hydrogens (tertiary/aromatic N) is 1. The molecule has 0 aliphatic heterocycles. The molecular weight excluding hydrogens is 412 g/mol. The Morgan fingerprint density at radius 1 is 1.14 bits per heavy atom. The smallest absolute Gasteiger partial charge is 0.307 e. The molecule has 0 saturated carbocycles. The van der Waals surface area contributed by atoms with Crippen LogP contribution < -0.4 is 5.43 Å². The number of hydrogen-bond acceptors (Lipinski definition) is 3. The minimum absolute atomic E-state index is 0.207. The van der Waals surface area contributed by atoms with Gasteiger partial charge in [0.15, 0.2) is 5.76 Å². The minimum atomic E-state index is -0.397. The van der Waals surface area contributed by atoms with Crippen LogP contribution in [0.2, 0.25) is 0 Å². The summed E-state index contributed by atoms with van der Waals surface area (Å²) in [6, 6.07) is 14.9. The maximum Gasteiger partial charge on any atom is 0.307 e. The van der Waals surface area contributed by atoms with E-state index in [-0.39, 0.29) is 5.76 Å². The van der Waals surface area contributed by atoms with Crippen molar-refractivity contribution in [2.75, 3.05) is 0 Å². The van der Waals surface area contributed by atoms with Gasteiger partial charge in [-0.3, -0.25) is 4.79 Å². The summed E-state index contributed by atoms with van der Waals surface area (Å²) in [6.07, 6.45) is 1.58. The highest BCUT2D eigenvalue weighted by molar-refractivity contribution is 9.11. The zero-order chi connectivity index (χ0) is 15.5. The Labute approximate surface area is 143 Å². The second-order valence-electron chi connectivity index (χ2n) is 4.53. The zero-order valence-corrected chi connectivity index (χ0v) is 14.4. The summed E-state index contributed by atoms with van der Waals surface area (Å²) in [5, 5.41) is 4.75. The molecule has 110 valence electrons. The Bertz CT molecular complexity index is 857. The van der Waals surface area contributed by atoms with E-state index in [4.69, 9.17) is 4.42 Å². The molecule has 0 saturated heterocycles. The number of amides is 1. The van der Waals surface area contributed by atoms with Gasteiger partial charge in [0.2, 0.25) is 0 Å². The third-order valence-electron chi connectivity index (χ3n) is 2.94. The summed E-state index contributed by atoms with van der Waals surface area (Å²) < 4.78 is 7.25. The molecule has 6 heteroatoms. The Balaban J connectivity index is 1.78. The average molecular weight is 422 g/mol. The maximum atomic E-state index is 12.1. The molecule has 0 spiro atoms. The highest BCUT2D eigenvalue weighted by atomic mass is 79.9. The fourth-order valence-electron chi connectivity index (χ4n) is 1.95. The largest absolute Gasteiger partial charge is 0.450 e. The van der Waals surface area contributed by atoms with Crippen molar-refractivity contribution in [3.63, 3.8) is 0 Å². The van der Waals surface area contributed by atoms with Crippen LogP contribution in [0.5, 0.6) is 0 Å². The van der Waals surface area contributed by atoms with Gasteiger partial charge in [-0.25, -0.2) is 5.43 Å². The topological polar surface area (TPSA) is 54.6 Å². The van der Waals surface area contributed by atoms with Gasteiger partial charge in [-0.2, -0.15) is 5.10 Å². The van der Waals surface area contributed by atoms with E-state index in [1.165, 1.54) is 0 Å². The number of benzene rings is 2. The Kier molecular flexibility index (Phi) is 4.40. The van der Waals surface area contributed by atoms with Crippen molar-refractivity contribution in [1.82, 2.24) is 5.43 Å². The normalized spacial score (nSPS) is 11.2. The number of carbonyl (C=O) groups is 1. The highest BCUT2D eigenvalue weighted by Gasteiger charge is 2.14. The number of hydrogen-bond donors (Lipinski definition) is 1. The van der Waals surface area contributed by atoms with Crippen LogP contribution in [0.25, 0.3) is 11.0 Å². The van der Waals surface area contributed by atoms with Gasteiger partial charge in [-0.05, 0) is 39.7 Å². The zero-order valence-electron chi connectivity index (χ0n) is 11.2. The van der Waals surface area contributed by atoms with E-state index in [0.29, 0.717) is 5.58 Å². The molecule has 22 heavy (non-hydrogen) atoms. The van der Waals surface area contributed by atoms with Crippen molar-refractivity contribution in [2.45, 2.75) is 0 Å². The SMILES string of the molecule is O=C(N/N=C\c1ccccc1)c1cc2cc(Br)cc(Br)c2o1. The van der Waals surface area contributed by atoms with Crippen LogP contribution in [0.4, 0.5) is 0 Å². The molecule has 0 unspecified atom stereocenters. The summed E-state index contributed by atoms with van der Waals surface area (Å²) in [4.78, 5) is 12.1. The fourth-order valence-corrected chi connectivity index (χ4v) is 3.29. The first-order valence-corrected chi connectivity index (χ1v) is 7.99. The van der Waals surface area contributed by atoms with Crippen molar-refractivity contribution in [3.05, 3.63) is 68.8 Å².